The molecule has 1 unspecified atom stereocenters. The average molecular weight is 461 g/mol. The van der Waals surface area contributed by atoms with Crippen LogP contribution in [0, 0.1) is 5.92 Å². The molecule has 1 fully saturated rings. The number of aliphatic hydroxyl groups is 1. The molecule has 6 N–H and O–H groups in total. The number of nitrogens with two attached hydrogens (primary N) is 2. The zero-order valence-electron chi connectivity index (χ0n) is 17.1. The number of aliphatic hydroxyl groups excluding tert-OH is 1. The van der Waals surface area contributed by atoms with Crippen molar-refractivity contribution in [2.45, 2.75) is 19.1 Å². The number of primary amides is 1. The first-order chi connectivity index (χ1) is 15.2. The number of amidine groups is 1. The van der Waals surface area contributed by atoms with Gasteiger partial charge in [-0.3, -0.25) is 19.4 Å². The van der Waals surface area contributed by atoms with Crippen LogP contribution in [-0.4, -0.2) is 54.8 Å². The van der Waals surface area contributed by atoms with Gasteiger partial charge in [-0.25, -0.2) is 0 Å². The maximum atomic E-state index is 11.7. The van der Waals surface area contributed by atoms with Gasteiger partial charge in [0.25, 0.3) is 5.91 Å². The molecule has 1 aromatic heterocycles. The summed E-state index contributed by atoms with van der Waals surface area (Å²) in [6, 6.07) is 8.11. The Morgan fingerprint density at radius 2 is 2.19 bits per heavy atom. The number of pyridine rings is 1. The Morgan fingerprint density at radius 1 is 1.38 bits per heavy atom. The minimum absolute atomic E-state index is 0.0992. The lowest BCUT2D eigenvalue weighted by Gasteiger charge is -2.36. The first kappa shape index (κ1) is 22.0. The number of nitrogens with zero attached hydrogens (tertiary/aromatic N) is 3. The Hall–Kier alpha value is -3.22. The molecule has 2 aliphatic heterocycles. The molecule has 12 heteroatoms. The SMILES string of the molecule is NC(=O)c1cc(C(O)N2CCC[C@H](COc3cccc4c3C(N)=NS(=O)(=O)N4)C2)ccn1. The molecule has 4 rings (SSSR count). The molecule has 0 radical (unpaired) electrons. The second-order valence-corrected chi connectivity index (χ2v) is 9.10. The molecule has 2 atom stereocenters. The van der Waals surface area contributed by atoms with Gasteiger partial charge in [-0.05, 0) is 42.7 Å². The minimum atomic E-state index is -3.86. The van der Waals surface area contributed by atoms with Crippen LogP contribution in [0.3, 0.4) is 0 Å². The Balaban J connectivity index is 1.44. The number of fused-ring (bicyclic) bond motifs is 1. The summed E-state index contributed by atoms with van der Waals surface area (Å²) in [6.45, 7) is 1.61. The normalized spacial score (nSPS) is 21.0. The summed E-state index contributed by atoms with van der Waals surface area (Å²) in [5.74, 6) is -0.229. The highest BCUT2D eigenvalue weighted by atomic mass is 32.2. The minimum Gasteiger partial charge on any atom is -0.492 e. The maximum Gasteiger partial charge on any atom is 0.344 e. The first-order valence-electron chi connectivity index (χ1n) is 10.1. The van der Waals surface area contributed by atoms with Crippen LogP contribution in [-0.2, 0) is 10.2 Å². The molecular formula is C20H24N6O5S. The number of nitrogens with one attached hydrogen (secondary N) is 1. The van der Waals surface area contributed by atoms with Gasteiger partial charge in [-0.1, -0.05) is 6.07 Å². The number of carbonyl (C=O) groups excluding carboxylic acids is 1. The van der Waals surface area contributed by atoms with E-state index in [0.29, 0.717) is 42.3 Å². The third kappa shape index (κ3) is 4.66. The van der Waals surface area contributed by atoms with Crippen molar-refractivity contribution < 1.29 is 23.1 Å². The van der Waals surface area contributed by atoms with Crippen LogP contribution in [0.25, 0.3) is 0 Å². The molecule has 1 saturated heterocycles. The fourth-order valence-corrected chi connectivity index (χ4v) is 4.80. The van der Waals surface area contributed by atoms with Gasteiger partial charge in [0.15, 0.2) is 5.84 Å². The second-order valence-electron chi connectivity index (χ2n) is 7.76. The fourth-order valence-electron chi connectivity index (χ4n) is 3.95. The summed E-state index contributed by atoms with van der Waals surface area (Å²) in [4.78, 5) is 17.2. The summed E-state index contributed by atoms with van der Waals surface area (Å²) in [7, 11) is -3.86. The van der Waals surface area contributed by atoms with E-state index in [2.05, 4.69) is 14.1 Å². The Bertz CT molecular complexity index is 1170. The molecule has 1 amide bonds. The predicted octanol–water partition coefficient (Wildman–Crippen LogP) is 0.338. The predicted molar refractivity (Wildman–Crippen MR) is 117 cm³/mol. The lowest BCUT2D eigenvalue weighted by molar-refractivity contribution is -0.0294. The standard InChI is InChI=1S/C20H24N6O5S/c21-18-17-14(24-32(29,30)25-18)4-1-5-16(17)31-11-12-3-2-8-26(10-12)20(28)13-6-7-23-15(9-13)19(22)27/h1,4-7,9,12,20,24,28H,2-3,8,10-11H2,(H2,21,25)(H2,22,27)/t12-,20?/m0/s1. The second kappa shape index (κ2) is 8.73. The highest BCUT2D eigenvalue weighted by Gasteiger charge is 2.28. The summed E-state index contributed by atoms with van der Waals surface area (Å²) in [5.41, 5.74) is 12.5. The Morgan fingerprint density at radius 3 is 2.97 bits per heavy atom. The topological polar surface area (TPSA) is 173 Å². The smallest absolute Gasteiger partial charge is 0.344 e. The quantitative estimate of drug-likeness (QED) is 0.477. The molecular weight excluding hydrogens is 436 g/mol. The maximum absolute atomic E-state index is 11.7. The van der Waals surface area contributed by atoms with Gasteiger partial charge < -0.3 is 21.3 Å². The van der Waals surface area contributed by atoms with Gasteiger partial charge in [-0.15, -0.1) is 4.40 Å². The van der Waals surface area contributed by atoms with Crippen molar-refractivity contribution in [1.29, 1.82) is 0 Å². The van der Waals surface area contributed by atoms with E-state index in [-0.39, 0.29) is 17.4 Å². The van der Waals surface area contributed by atoms with E-state index in [1.807, 2.05) is 4.90 Å². The monoisotopic (exact) mass is 460 g/mol. The van der Waals surface area contributed by atoms with E-state index in [0.717, 1.165) is 12.8 Å². The van der Waals surface area contributed by atoms with Crippen molar-refractivity contribution in [2.24, 2.45) is 21.8 Å². The number of piperidine rings is 1. The van der Waals surface area contributed by atoms with Gasteiger partial charge in [0.2, 0.25) is 0 Å². The third-order valence-electron chi connectivity index (χ3n) is 5.45. The lowest BCUT2D eigenvalue weighted by Crippen LogP contribution is -2.40. The zero-order valence-corrected chi connectivity index (χ0v) is 18.0. The van der Waals surface area contributed by atoms with Crippen LogP contribution < -0.4 is 20.9 Å². The number of carbonyl (C=O) groups is 1. The number of likely N-dealkylation sites (tertiary alicyclic amines) is 1. The van der Waals surface area contributed by atoms with Gasteiger partial charge in [0, 0.05) is 25.2 Å². The van der Waals surface area contributed by atoms with E-state index in [1.54, 1.807) is 24.3 Å². The zero-order chi connectivity index (χ0) is 22.9. The number of hydrogen-bond donors (Lipinski definition) is 4. The first-order valence-corrected chi connectivity index (χ1v) is 11.5. The van der Waals surface area contributed by atoms with Crippen LogP contribution in [0.1, 0.15) is 40.7 Å². The van der Waals surface area contributed by atoms with Crippen LogP contribution in [0.5, 0.6) is 5.75 Å². The molecule has 1 aromatic carbocycles. The number of rotatable bonds is 6. The number of amides is 1. The number of ether oxygens (including phenoxy) is 1. The highest BCUT2D eigenvalue weighted by Crippen LogP contribution is 2.32. The van der Waals surface area contributed by atoms with Crippen molar-refractivity contribution in [1.82, 2.24) is 9.88 Å². The van der Waals surface area contributed by atoms with Crippen LogP contribution in [0.4, 0.5) is 5.69 Å². The molecule has 11 nitrogen and oxygen atoms in total. The molecule has 170 valence electrons. The summed E-state index contributed by atoms with van der Waals surface area (Å²) >= 11 is 0. The van der Waals surface area contributed by atoms with Gasteiger partial charge in [0.05, 0.1) is 17.9 Å². The van der Waals surface area contributed by atoms with Crippen molar-refractivity contribution >= 4 is 27.6 Å². The van der Waals surface area contributed by atoms with E-state index in [1.165, 1.54) is 12.3 Å². The fraction of sp³-hybridized carbons (Fsp3) is 0.350. The van der Waals surface area contributed by atoms with E-state index < -0.39 is 22.3 Å². The average Bonchev–Trinajstić information content (AvgIpc) is 2.76. The van der Waals surface area contributed by atoms with Crippen LogP contribution in [0.15, 0.2) is 40.9 Å². The summed E-state index contributed by atoms with van der Waals surface area (Å²) in [6.07, 6.45) is 2.30. The van der Waals surface area contributed by atoms with Crippen LogP contribution in [0.2, 0.25) is 0 Å². The van der Waals surface area contributed by atoms with E-state index in [9.17, 15) is 18.3 Å². The number of aromatic nitrogens is 1. The van der Waals surface area contributed by atoms with Crippen molar-refractivity contribution in [2.75, 3.05) is 24.4 Å². The molecule has 0 spiro atoms. The molecule has 32 heavy (non-hydrogen) atoms. The Kier molecular flexibility index (Phi) is 6.00. The summed E-state index contributed by atoms with van der Waals surface area (Å²) in [5, 5.41) is 10.8. The molecule has 2 aliphatic rings. The van der Waals surface area contributed by atoms with Gasteiger partial charge in [-0.2, -0.15) is 8.42 Å². The van der Waals surface area contributed by atoms with Crippen molar-refractivity contribution in [3.63, 3.8) is 0 Å². The molecule has 0 saturated carbocycles. The Labute approximate surface area is 185 Å². The van der Waals surface area contributed by atoms with Gasteiger partial charge in [0.1, 0.15) is 17.7 Å². The molecule has 0 aliphatic carbocycles. The number of hydrogen-bond acceptors (Lipinski definition) is 8. The number of benzene rings is 1. The van der Waals surface area contributed by atoms with Crippen molar-refractivity contribution in [3.05, 3.63) is 53.3 Å². The van der Waals surface area contributed by atoms with E-state index >= 15 is 0 Å². The number of anilines is 1. The van der Waals surface area contributed by atoms with Crippen LogP contribution >= 0.6 is 0 Å². The van der Waals surface area contributed by atoms with E-state index in [4.69, 9.17) is 16.2 Å². The summed E-state index contributed by atoms with van der Waals surface area (Å²) < 4.78 is 35.3. The third-order valence-corrected chi connectivity index (χ3v) is 6.36. The lowest BCUT2D eigenvalue weighted by atomic mass is 9.98. The molecule has 2 aromatic rings. The highest BCUT2D eigenvalue weighted by molar-refractivity contribution is 7.91. The largest absolute Gasteiger partial charge is 0.492 e. The van der Waals surface area contributed by atoms with Gasteiger partial charge >= 0.3 is 10.2 Å². The molecule has 0 bridgehead atoms. The molecule has 3 heterocycles. The van der Waals surface area contributed by atoms with Crippen molar-refractivity contribution in [3.8, 4) is 5.75 Å².